The summed E-state index contributed by atoms with van der Waals surface area (Å²) >= 11 is 0. The van der Waals surface area contributed by atoms with Gasteiger partial charge in [0.05, 0.1) is 0 Å². The molecule has 0 aliphatic rings. The minimum atomic E-state index is 0. The predicted octanol–water partition coefficient (Wildman–Crippen LogP) is 4.83. The van der Waals surface area contributed by atoms with Crippen molar-refractivity contribution in [3.05, 3.63) is 23.8 Å². The maximum absolute atomic E-state index is 3.80. The summed E-state index contributed by atoms with van der Waals surface area (Å²) in [7, 11) is 0. The van der Waals surface area contributed by atoms with Crippen LogP contribution in [-0.4, -0.2) is 0 Å². The molecule has 0 aliphatic heterocycles. The number of allylic oxidation sites excluding steroid dienone is 3. The van der Waals surface area contributed by atoms with Gasteiger partial charge >= 0.3 is 0 Å². The van der Waals surface area contributed by atoms with Crippen LogP contribution < -0.4 is 0 Å². The van der Waals surface area contributed by atoms with Crippen molar-refractivity contribution >= 4 is 0 Å². The molecule has 0 N–H and O–H groups in total. The van der Waals surface area contributed by atoms with Crippen LogP contribution >= 0.6 is 0 Å². The third-order valence-electron chi connectivity index (χ3n) is 2.57. The molecule has 0 aromatic heterocycles. The molecule has 0 saturated carbocycles. The van der Waals surface area contributed by atoms with Crippen LogP contribution in [-0.2, 0) is 0 Å². The lowest BCUT2D eigenvalue weighted by Crippen LogP contribution is -2.10. The average molecular weight is 182 g/mol. The minimum absolute atomic E-state index is 0. The average Bonchev–Trinajstić information content (AvgIpc) is 1.98. The van der Waals surface area contributed by atoms with E-state index in [1.165, 1.54) is 11.1 Å². The number of hydrogen-bond donors (Lipinski definition) is 0. The SMILES string of the molecule is C.C=CC[C@@H](C(C)=C(C)C)C(C)C. The Morgan fingerprint density at radius 1 is 1.23 bits per heavy atom. The highest BCUT2D eigenvalue weighted by Crippen LogP contribution is 2.26. The molecule has 78 valence electrons. The van der Waals surface area contributed by atoms with Crippen molar-refractivity contribution in [1.82, 2.24) is 0 Å². The molecule has 0 saturated heterocycles. The Labute approximate surface area is 84.7 Å². The second-order valence-corrected chi connectivity index (χ2v) is 4.06. The van der Waals surface area contributed by atoms with Gasteiger partial charge in [-0.1, -0.05) is 38.5 Å². The summed E-state index contributed by atoms with van der Waals surface area (Å²) in [6.07, 6.45) is 3.13. The zero-order valence-electron chi connectivity index (χ0n) is 9.15. The molecule has 0 fully saturated rings. The molecule has 0 aromatic carbocycles. The molecular weight excluding hydrogens is 156 g/mol. The molecule has 13 heavy (non-hydrogen) atoms. The van der Waals surface area contributed by atoms with Crippen molar-refractivity contribution in [2.45, 2.75) is 48.5 Å². The van der Waals surface area contributed by atoms with Gasteiger partial charge in [0.25, 0.3) is 0 Å². The molecule has 0 nitrogen and oxygen atoms in total. The van der Waals surface area contributed by atoms with Gasteiger partial charge in [-0.15, -0.1) is 6.58 Å². The van der Waals surface area contributed by atoms with Crippen LogP contribution in [0.3, 0.4) is 0 Å². The van der Waals surface area contributed by atoms with Crippen LogP contribution in [0, 0.1) is 11.8 Å². The van der Waals surface area contributed by atoms with Gasteiger partial charge in [-0.25, -0.2) is 0 Å². The smallest absolute Gasteiger partial charge is 0.0146 e. The lowest BCUT2D eigenvalue weighted by atomic mass is 9.84. The maximum atomic E-state index is 3.80. The van der Waals surface area contributed by atoms with Crippen LogP contribution in [0.1, 0.15) is 48.5 Å². The van der Waals surface area contributed by atoms with E-state index in [2.05, 4.69) is 41.2 Å². The summed E-state index contributed by atoms with van der Waals surface area (Å²) in [6, 6.07) is 0. The lowest BCUT2D eigenvalue weighted by Gasteiger charge is -2.21. The van der Waals surface area contributed by atoms with Crippen LogP contribution in [0.25, 0.3) is 0 Å². The molecule has 0 heterocycles. The van der Waals surface area contributed by atoms with E-state index in [0.29, 0.717) is 5.92 Å². The molecular formula is C13H26. The van der Waals surface area contributed by atoms with Gasteiger partial charge in [0.1, 0.15) is 0 Å². The first-order chi connectivity index (χ1) is 5.50. The third kappa shape index (κ3) is 4.92. The first kappa shape index (κ1) is 15.0. The van der Waals surface area contributed by atoms with Crippen molar-refractivity contribution in [2.24, 2.45) is 11.8 Å². The van der Waals surface area contributed by atoms with Gasteiger partial charge in [-0.05, 0) is 39.0 Å². The molecule has 0 spiro atoms. The van der Waals surface area contributed by atoms with Crippen molar-refractivity contribution < 1.29 is 0 Å². The molecule has 0 aliphatic carbocycles. The zero-order valence-corrected chi connectivity index (χ0v) is 9.15. The monoisotopic (exact) mass is 182 g/mol. The largest absolute Gasteiger partial charge is 0.103 e. The molecule has 0 rings (SSSR count). The standard InChI is InChI=1S/C12H22.CH4/c1-7-8-12(10(4)5)11(6)9(2)3;/h7,10,12H,1,8H2,2-6H3;1H4/t12-;/m1./s1. The Morgan fingerprint density at radius 2 is 1.69 bits per heavy atom. The van der Waals surface area contributed by atoms with Crippen LogP contribution in [0.2, 0.25) is 0 Å². The quantitative estimate of drug-likeness (QED) is 0.546. The highest BCUT2D eigenvalue weighted by atomic mass is 14.2. The van der Waals surface area contributed by atoms with Crippen LogP contribution in [0.4, 0.5) is 0 Å². The summed E-state index contributed by atoms with van der Waals surface area (Å²) in [5.41, 5.74) is 2.99. The van der Waals surface area contributed by atoms with Gasteiger partial charge in [0.2, 0.25) is 0 Å². The van der Waals surface area contributed by atoms with Crippen LogP contribution in [0.5, 0.6) is 0 Å². The minimum Gasteiger partial charge on any atom is -0.103 e. The summed E-state index contributed by atoms with van der Waals surface area (Å²) < 4.78 is 0. The number of rotatable bonds is 4. The molecule has 0 bridgehead atoms. The van der Waals surface area contributed by atoms with E-state index >= 15 is 0 Å². The van der Waals surface area contributed by atoms with E-state index in [9.17, 15) is 0 Å². The molecule has 0 heteroatoms. The fourth-order valence-corrected chi connectivity index (χ4v) is 1.50. The Balaban J connectivity index is 0. The molecule has 0 amide bonds. The Kier molecular flexibility index (Phi) is 7.99. The van der Waals surface area contributed by atoms with Gasteiger partial charge in [-0.2, -0.15) is 0 Å². The predicted molar refractivity (Wildman–Crippen MR) is 63.9 cm³/mol. The first-order valence-electron chi connectivity index (χ1n) is 4.75. The lowest BCUT2D eigenvalue weighted by molar-refractivity contribution is 0.444. The first-order valence-corrected chi connectivity index (χ1v) is 4.75. The van der Waals surface area contributed by atoms with E-state index < -0.39 is 0 Å². The fraction of sp³-hybridized carbons (Fsp3) is 0.692. The summed E-state index contributed by atoms with van der Waals surface area (Å²) in [5.74, 6) is 1.41. The molecule has 0 unspecified atom stereocenters. The van der Waals surface area contributed by atoms with E-state index in [1.807, 2.05) is 6.08 Å². The van der Waals surface area contributed by atoms with Gasteiger partial charge in [-0.3, -0.25) is 0 Å². The zero-order chi connectivity index (χ0) is 9.72. The molecule has 0 radical (unpaired) electrons. The second-order valence-electron chi connectivity index (χ2n) is 4.06. The van der Waals surface area contributed by atoms with Gasteiger partial charge in [0.15, 0.2) is 0 Å². The summed E-state index contributed by atoms with van der Waals surface area (Å²) in [5, 5.41) is 0. The Hall–Kier alpha value is -0.520. The number of hydrogen-bond acceptors (Lipinski definition) is 0. The summed E-state index contributed by atoms with van der Waals surface area (Å²) in [6.45, 7) is 15.0. The van der Waals surface area contributed by atoms with Crippen molar-refractivity contribution in [3.63, 3.8) is 0 Å². The summed E-state index contributed by atoms with van der Waals surface area (Å²) in [4.78, 5) is 0. The van der Waals surface area contributed by atoms with Crippen molar-refractivity contribution in [1.29, 1.82) is 0 Å². The van der Waals surface area contributed by atoms with E-state index in [0.717, 1.165) is 12.3 Å². The highest BCUT2D eigenvalue weighted by molar-refractivity contribution is 5.12. The Bertz CT molecular complexity index is 168. The van der Waals surface area contributed by atoms with E-state index in [1.54, 1.807) is 0 Å². The van der Waals surface area contributed by atoms with Crippen molar-refractivity contribution in [2.75, 3.05) is 0 Å². The molecule has 0 aromatic rings. The van der Waals surface area contributed by atoms with Crippen LogP contribution in [0.15, 0.2) is 23.8 Å². The Morgan fingerprint density at radius 3 is 1.92 bits per heavy atom. The fourth-order valence-electron chi connectivity index (χ4n) is 1.50. The normalized spacial score (nSPS) is 11.8. The van der Waals surface area contributed by atoms with E-state index in [-0.39, 0.29) is 7.43 Å². The maximum Gasteiger partial charge on any atom is -0.0146 e. The third-order valence-corrected chi connectivity index (χ3v) is 2.57. The van der Waals surface area contributed by atoms with Gasteiger partial charge in [0, 0.05) is 0 Å². The van der Waals surface area contributed by atoms with Gasteiger partial charge < -0.3 is 0 Å². The van der Waals surface area contributed by atoms with Crippen molar-refractivity contribution in [3.8, 4) is 0 Å². The highest BCUT2D eigenvalue weighted by Gasteiger charge is 2.13. The molecule has 1 atom stereocenters. The second kappa shape index (κ2) is 6.94. The topological polar surface area (TPSA) is 0 Å². The van der Waals surface area contributed by atoms with E-state index in [4.69, 9.17) is 0 Å².